The first-order valence-corrected chi connectivity index (χ1v) is 21.0. The zero-order valence-corrected chi connectivity index (χ0v) is 33.7. The Bertz CT molecular complexity index is 464. The molecule has 0 N–H and O–H groups in total. The Kier molecular flexibility index (Phi) is 57.7. The number of ether oxygens (including phenoxy) is 1. The van der Waals surface area contributed by atoms with Gasteiger partial charge in [0.25, 0.3) is 0 Å². The van der Waals surface area contributed by atoms with Gasteiger partial charge in [0.2, 0.25) is 0 Å². The highest BCUT2D eigenvalue weighted by Gasteiger charge is 2.07. The minimum absolute atomic E-state index is 0.348. The van der Waals surface area contributed by atoms with Gasteiger partial charge in [-0.3, -0.25) is 0 Å². The molecule has 2 atom stereocenters. The highest BCUT2D eigenvalue weighted by atomic mass is 16.5. The standard InChI is InChI=1S/C17H34O.C12H26O.C12H26.C2H6/c1-4-6-7-8-9-10-11-14-17(5-2)15-12-13-16(3)18;1-4-6-7-8-9-11-12(13-3)10-5-2;1-3-5-7-9-11-12-10-8-6-4-2;1-2/h17H,4-15H2,1-3H3;12H,4-11H2,1-3H3;3-12H2,1-2H3;1-2H3. The van der Waals surface area contributed by atoms with E-state index in [1.54, 1.807) is 6.92 Å². The van der Waals surface area contributed by atoms with Crippen LogP contribution in [0, 0.1) is 5.92 Å². The molecule has 0 aromatic carbocycles. The van der Waals surface area contributed by atoms with E-state index in [9.17, 15) is 4.79 Å². The molecule has 0 aromatic heterocycles. The first kappa shape index (κ1) is 51.5. The average Bonchev–Trinajstić information content (AvgIpc) is 3.05. The second kappa shape index (κ2) is 50.5. The van der Waals surface area contributed by atoms with Crippen LogP contribution in [0.3, 0.4) is 0 Å². The van der Waals surface area contributed by atoms with Crippen LogP contribution in [0.1, 0.15) is 255 Å². The van der Waals surface area contributed by atoms with Crippen molar-refractivity contribution in [3.8, 4) is 0 Å². The molecule has 0 aliphatic carbocycles. The van der Waals surface area contributed by atoms with Gasteiger partial charge in [0.1, 0.15) is 5.78 Å². The number of ketones is 1. The molecule has 0 radical (unpaired) electrons. The first-order chi connectivity index (χ1) is 22.0. The van der Waals surface area contributed by atoms with Gasteiger partial charge in [-0.2, -0.15) is 0 Å². The van der Waals surface area contributed by atoms with Gasteiger partial charge in [0.15, 0.2) is 0 Å². The molecule has 0 bridgehead atoms. The number of hydrogen-bond acceptors (Lipinski definition) is 2. The fourth-order valence-electron chi connectivity index (χ4n) is 5.82. The number of carbonyl (C=O) groups is 1. The van der Waals surface area contributed by atoms with Crippen molar-refractivity contribution in [2.75, 3.05) is 7.11 Å². The van der Waals surface area contributed by atoms with Crippen molar-refractivity contribution in [2.45, 2.75) is 261 Å². The maximum absolute atomic E-state index is 10.9. The number of carbonyl (C=O) groups excluding carboxylic acids is 1. The molecule has 0 amide bonds. The Hall–Kier alpha value is -0.370. The molecule has 2 unspecified atom stereocenters. The predicted molar refractivity (Wildman–Crippen MR) is 209 cm³/mol. The van der Waals surface area contributed by atoms with Crippen molar-refractivity contribution in [1.29, 1.82) is 0 Å². The smallest absolute Gasteiger partial charge is 0.129 e. The van der Waals surface area contributed by atoms with Crippen LogP contribution in [0.4, 0.5) is 0 Å². The van der Waals surface area contributed by atoms with Gasteiger partial charge in [0, 0.05) is 13.5 Å². The lowest BCUT2D eigenvalue weighted by Gasteiger charge is -2.14. The summed E-state index contributed by atoms with van der Waals surface area (Å²) in [5.41, 5.74) is 0. The number of hydrogen-bond donors (Lipinski definition) is 0. The van der Waals surface area contributed by atoms with Gasteiger partial charge in [-0.15, -0.1) is 0 Å². The van der Waals surface area contributed by atoms with E-state index in [2.05, 4.69) is 41.5 Å². The third-order valence-corrected chi connectivity index (χ3v) is 8.97. The highest BCUT2D eigenvalue weighted by Crippen LogP contribution is 2.21. The Labute approximate surface area is 288 Å². The summed E-state index contributed by atoms with van der Waals surface area (Å²) in [6.45, 7) is 19.3. The molecule has 2 nitrogen and oxygen atoms in total. The maximum Gasteiger partial charge on any atom is 0.129 e. The number of rotatable bonds is 31. The van der Waals surface area contributed by atoms with Crippen LogP contribution in [0.25, 0.3) is 0 Å². The van der Waals surface area contributed by atoms with E-state index in [1.165, 1.54) is 180 Å². The molecule has 0 saturated carbocycles. The second-order valence-corrected chi connectivity index (χ2v) is 13.5. The van der Waals surface area contributed by atoms with Gasteiger partial charge in [-0.25, -0.2) is 0 Å². The van der Waals surface area contributed by atoms with Crippen molar-refractivity contribution in [3.05, 3.63) is 0 Å². The zero-order valence-electron chi connectivity index (χ0n) is 33.7. The highest BCUT2D eigenvalue weighted by molar-refractivity contribution is 5.75. The van der Waals surface area contributed by atoms with E-state index in [0.717, 1.165) is 18.8 Å². The second-order valence-electron chi connectivity index (χ2n) is 13.5. The Balaban J connectivity index is -0.000000279. The van der Waals surface area contributed by atoms with E-state index in [4.69, 9.17) is 4.74 Å². The Morgan fingerprint density at radius 2 is 0.778 bits per heavy atom. The van der Waals surface area contributed by atoms with E-state index >= 15 is 0 Å². The molecule has 276 valence electrons. The summed E-state index contributed by atoms with van der Waals surface area (Å²) >= 11 is 0. The maximum atomic E-state index is 10.9. The monoisotopic (exact) mass is 641 g/mol. The number of methoxy groups -OCH3 is 1. The van der Waals surface area contributed by atoms with E-state index in [1.807, 2.05) is 21.0 Å². The number of Topliss-reactive ketones (excluding diaryl/α,β-unsaturated/α-hetero) is 1. The fourth-order valence-corrected chi connectivity index (χ4v) is 5.82. The average molecular weight is 641 g/mol. The summed E-state index contributed by atoms with van der Waals surface area (Å²) < 4.78 is 5.40. The lowest BCUT2D eigenvalue weighted by atomic mass is 9.92. The molecule has 0 spiro atoms. The molecule has 0 saturated heterocycles. The third-order valence-electron chi connectivity index (χ3n) is 8.97. The quantitative estimate of drug-likeness (QED) is 0.0705. The Morgan fingerprint density at radius 1 is 0.444 bits per heavy atom. The molecule has 2 heteroatoms. The molecular weight excluding hydrogens is 548 g/mol. The zero-order chi connectivity index (χ0) is 34.7. The van der Waals surface area contributed by atoms with E-state index in [0.29, 0.717) is 11.9 Å². The van der Waals surface area contributed by atoms with E-state index in [-0.39, 0.29) is 0 Å². The SMILES string of the molecule is CC.CCCCCCCC(CCC)OC.CCCCCCCCCC(CC)CCCC(C)=O.CCCCCCCCCCCC. The van der Waals surface area contributed by atoms with Gasteiger partial charge in [0.05, 0.1) is 6.10 Å². The summed E-state index contributed by atoms with van der Waals surface area (Å²) in [4.78, 5) is 10.9. The fraction of sp³-hybridized carbons (Fsp3) is 0.977. The lowest BCUT2D eigenvalue weighted by Crippen LogP contribution is -2.09. The van der Waals surface area contributed by atoms with Crippen molar-refractivity contribution in [1.82, 2.24) is 0 Å². The molecular formula is C43H92O2. The van der Waals surface area contributed by atoms with Gasteiger partial charge < -0.3 is 9.53 Å². The van der Waals surface area contributed by atoms with Crippen molar-refractivity contribution >= 4 is 5.78 Å². The number of unbranched alkanes of at least 4 members (excludes halogenated alkanes) is 19. The topological polar surface area (TPSA) is 26.3 Å². The summed E-state index contributed by atoms with van der Waals surface area (Å²) in [6.07, 6.45) is 41.2. The molecule has 0 rings (SSSR count). The summed E-state index contributed by atoms with van der Waals surface area (Å²) in [5, 5.41) is 0. The summed E-state index contributed by atoms with van der Waals surface area (Å²) in [7, 11) is 1.84. The Morgan fingerprint density at radius 3 is 1.09 bits per heavy atom. The minimum atomic E-state index is 0.348. The van der Waals surface area contributed by atoms with Crippen LogP contribution in [0.5, 0.6) is 0 Å². The van der Waals surface area contributed by atoms with Gasteiger partial charge >= 0.3 is 0 Å². The van der Waals surface area contributed by atoms with Crippen molar-refractivity contribution < 1.29 is 9.53 Å². The van der Waals surface area contributed by atoms with Crippen LogP contribution in [-0.2, 0) is 9.53 Å². The van der Waals surface area contributed by atoms with Crippen LogP contribution in [-0.4, -0.2) is 19.0 Å². The third kappa shape index (κ3) is 53.4. The van der Waals surface area contributed by atoms with Crippen molar-refractivity contribution in [3.63, 3.8) is 0 Å². The normalized spacial score (nSPS) is 11.8. The van der Waals surface area contributed by atoms with Crippen molar-refractivity contribution in [2.24, 2.45) is 5.92 Å². The van der Waals surface area contributed by atoms with Crippen LogP contribution in [0.15, 0.2) is 0 Å². The molecule has 45 heavy (non-hydrogen) atoms. The molecule has 0 aliphatic heterocycles. The first-order valence-electron chi connectivity index (χ1n) is 21.0. The molecule has 0 aromatic rings. The minimum Gasteiger partial charge on any atom is -0.381 e. The van der Waals surface area contributed by atoms with Crippen LogP contribution in [0.2, 0.25) is 0 Å². The summed E-state index contributed by atoms with van der Waals surface area (Å²) in [6, 6.07) is 0. The van der Waals surface area contributed by atoms with Gasteiger partial charge in [-0.1, -0.05) is 222 Å². The van der Waals surface area contributed by atoms with Crippen LogP contribution < -0.4 is 0 Å². The van der Waals surface area contributed by atoms with Crippen LogP contribution >= 0.6 is 0 Å². The van der Waals surface area contributed by atoms with E-state index < -0.39 is 0 Å². The largest absolute Gasteiger partial charge is 0.381 e. The van der Waals surface area contributed by atoms with Gasteiger partial charge in [-0.05, 0) is 32.1 Å². The molecule has 0 aliphatic rings. The molecule has 0 fully saturated rings. The molecule has 0 heterocycles. The predicted octanol–water partition coefficient (Wildman–Crippen LogP) is 16.0. The summed E-state index contributed by atoms with van der Waals surface area (Å²) in [5.74, 6) is 1.21. The lowest BCUT2D eigenvalue weighted by molar-refractivity contribution is -0.117.